The van der Waals surface area contributed by atoms with E-state index in [2.05, 4.69) is 15.5 Å². The quantitative estimate of drug-likeness (QED) is 0.810. The van der Waals surface area contributed by atoms with E-state index in [4.69, 9.17) is 17.3 Å². The molecule has 5 nitrogen and oxygen atoms in total. The molecule has 0 saturated carbocycles. The van der Waals surface area contributed by atoms with Crippen molar-refractivity contribution < 1.29 is 4.79 Å². The normalized spacial score (nSPS) is 12.4. The van der Waals surface area contributed by atoms with Crippen LogP contribution >= 0.6 is 11.6 Å². The number of amides is 1. The number of rotatable bonds is 4. The number of nitrogens with two attached hydrogens (primary N) is 1. The summed E-state index contributed by atoms with van der Waals surface area (Å²) in [6.07, 6.45) is 0. The first-order valence-corrected chi connectivity index (χ1v) is 7.18. The minimum absolute atomic E-state index is 0.181. The van der Waals surface area contributed by atoms with Gasteiger partial charge in [-0.3, -0.25) is 9.89 Å². The van der Waals surface area contributed by atoms with Gasteiger partial charge in [-0.1, -0.05) is 43.6 Å². The van der Waals surface area contributed by atoms with E-state index in [0.29, 0.717) is 10.7 Å². The van der Waals surface area contributed by atoms with Crippen LogP contribution in [0.25, 0.3) is 0 Å². The summed E-state index contributed by atoms with van der Waals surface area (Å²) in [5, 5.41) is 10.3. The van der Waals surface area contributed by atoms with E-state index in [9.17, 15) is 4.79 Å². The Bertz CT molecular complexity index is 651. The Balaban J connectivity index is 2.17. The zero-order valence-corrected chi connectivity index (χ0v) is 13.0. The largest absolute Gasteiger partial charge is 0.395 e. The highest BCUT2D eigenvalue weighted by molar-refractivity contribution is 6.31. The number of hydrogen-bond acceptors (Lipinski definition) is 3. The molecule has 1 heterocycles. The maximum Gasteiger partial charge on any atom is 0.274 e. The highest BCUT2D eigenvalue weighted by Gasteiger charge is 2.21. The molecule has 4 N–H and O–H groups in total. The van der Waals surface area contributed by atoms with E-state index < -0.39 is 0 Å². The van der Waals surface area contributed by atoms with Crippen LogP contribution in [0.4, 0.5) is 5.69 Å². The standard InChI is InChI=1S/C15H19ClN4O/c1-8(2)13-12(17)14(20-19-13)15(21)18-9(3)10-6-4-5-7-11(10)16/h4-9H,17H2,1-3H3,(H,18,21)(H,19,20). The van der Waals surface area contributed by atoms with Crippen LogP contribution in [0.15, 0.2) is 24.3 Å². The van der Waals surface area contributed by atoms with Crippen molar-refractivity contribution in [1.82, 2.24) is 15.5 Å². The predicted molar refractivity (Wildman–Crippen MR) is 84.4 cm³/mol. The number of hydrogen-bond donors (Lipinski definition) is 3. The number of H-pyrrole nitrogens is 1. The number of aromatic nitrogens is 2. The molecule has 0 aliphatic carbocycles. The average Bonchev–Trinajstić information content (AvgIpc) is 2.81. The van der Waals surface area contributed by atoms with E-state index in [1.807, 2.05) is 39.0 Å². The molecule has 1 atom stereocenters. The Labute approximate surface area is 128 Å². The predicted octanol–water partition coefficient (Wildman–Crippen LogP) is 3.26. The number of nitrogens with one attached hydrogen (secondary N) is 2. The molecular weight excluding hydrogens is 288 g/mol. The van der Waals surface area contributed by atoms with E-state index >= 15 is 0 Å². The number of aromatic amines is 1. The van der Waals surface area contributed by atoms with Crippen molar-refractivity contribution >= 4 is 23.2 Å². The molecule has 0 saturated heterocycles. The second-order valence-corrected chi connectivity index (χ2v) is 5.68. The molecule has 0 aliphatic heterocycles. The second-order valence-electron chi connectivity index (χ2n) is 5.27. The number of carbonyl (C=O) groups is 1. The fourth-order valence-corrected chi connectivity index (χ4v) is 2.45. The van der Waals surface area contributed by atoms with Gasteiger partial charge in [-0.2, -0.15) is 5.10 Å². The third kappa shape index (κ3) is 3.19. The lowest BCUT2D eigenvalue weighted by Crippen LogP contribution is -2.27. The molecule has 0 fully saturated rings. The first-order valence-electron chi connectivity index (χ1n) is 6.80. The minimum atomic E-state index is -0.317. The smallest absolute Gasteiger partial charge is 0.274 e. The molecule has 1 unspecified atom stereocenters. The van der Waals surface area contributed by atoms with Crippen LogP contribution in [-0.4, -0.2) is 16.1 Å². The van der Waals surface area contributed by atoms with Crippen LogP contribution in [0.3, 0.4) is 0 Å². The minimum Gasteiger partial charge on any atom is -0.395 e. The molecule has 1 aromatic heterocycles. The Morgan fingerprint density at radius 3 is 2.57 bits per heavy atom. The fourth-order valence-electron chi connectivity index (χ4n) is 2.15. The SMILES string of the molecule is CC(C)c1[nH]nc(C(=O)NC(C)c2ccccc2Cl)c1N. The molecule has 0 aliphatic rings. The lowest BCUT2D eigenvalue weighted by atomic mass is 10.1. The van der Waals surface area contributed by atoms with Gasteiger partial charge in [0.2, 0.25) is 0 Å². The second kappa shape index (κ2) is 6.18. The first-order chi connectivity index (χ1) is 9.91. The molecule has 0 radical (unpaired) electrons. The average molecular weight is 307 g/mol. The van der Waals surface area contributed by atoms with E-state index in [1.54, 1.807) is 6.07 Å². The Kier molecular flexibility index (Phi) is 4.53. The molecule has 2 rings (SSSR count). The van der Waals surface area contributed by atoms with Crippen LogP contribution in [-0.2, 0) is 0 Å². The summed E-state index contributed by atoms with van der Waals surface area (Å²) in [7, 11) is 0. The zero-order chi connectivity index (χ0) is 15.6. The van der Waals surface area contributed by atoms with Crippen molar-refractivity contribution in [3.8, 4) is 0 Å². The number of halogens is 1. The third-order valence-corrected chi connectivity index (χ3v) is 3.69. The summed E-state index contributed by atoms with van der Waals surface area (Å²) in [5.74, 6) is -0.136. The molecule has 2 aromatic rings. The van der Waals surface area contributed by atoms with Gasteiger partial charge < -0.3 is 11.1 Å². The van der Waals surface area contributed by atoms with Crippen molar-refractivity contribution in [2.24, 2.45) is 0 Å². The van der Waals surface area contributed by atoms with Crippen LogP contribution in [0.1, 0.15) is 54.5 Å². The number of benzene rings is 1. The van der Waals surface area contributed by atoms with E-state index in [1.165, 1.54) is 0 Å². The zero-order valence-electron chi connectivity index (χ0n) is 12.3. The molecule has 1 aromatic carbocycles. The van der Waals surface area contributed by atoms with Crippen LogP contribution in [0.5, 0.6) is 0 Å². The summed E-state index contributed by atoms with van der Waals surface area (Å²) in [5.41, 5.74) is 8.21. The van der Waals surface area contributed by atoms with Crippen molar-refractivity contribution in [1.29, 1.82) is 0 Å². The summed E-state index contributed by atoms with van der Waals surface area (Å²) in [6, 6.07) is 7.16. The molecule has 21 heavy (non-hydrogen) atoms. The van der Waals surface area contributed by atoms with Gasteiger partial charge in [-0.15, -0.1) is 0 Å². The first kappa shape index (κ1) is 15.4. The van der Waals surface area contributed by atoms with Crippen molar-refractivity contribution in [3.05, 3.63) is 46.2 Å². The summed E-state index contributed by atoms with van der Waals surface area (Å²) in [4.78, 5) is 12.3. The van der Waals surface area contributed by atoms with Crippen molar-refractivity contribution in [3.63, 3.8) is 0 Å². The molecule has 1 amide bonds. The molecule has 112 valence electrons. The van der Waals surface area contributed by atoms with Crippen LogP contribution in [0.2, 0.25) is 5.02 Å². The monoisotopic (exact) mass is 306 g/mol. The van der Waals surface area contributed by atoms with E-state index in [-0.39, 0.29) is 23.6 Å². The molecular formula is C15H19ClN4O. The van der Waals surface area contributed by atoms with Crippen molar-refractivity contribution in [2.75, 3.05) is 5.73 Å². The van der Waals surface area contributed by atoms with Gasteiger partial charge in [0.15, 0.2) is 5.69 Å². The maximum absolute atomic E-state index is 12.3. The van der Waals surface area contributed by atoms with Crippen LogP contribution < -0.4 is 11.1 Å². The van der Waals surface area contributed by atoms with Gasteiger partial charge in [-0.25, -0.2) is 0 Å². The highest BCUT2D eigenvalue weighted by Crippen LogP contribution is 2.25. The fraction of sp³-hybridized carbons (Fsp3) is 0.333. The lowest BCUT2D eigenvalue weighted by Gasteiger charge is -2.15. The summed E-state index contributed by atoms with van der Waals surface area (Å²) >= 11 is 6.13. The number of nitrogens with zero attached hydrogens (tertiary/aromatic N) is 1. The summed E-state index contributed by atoms with van der Waals surface area (Å²) in [6.45, 7) is 5.83. The van der Waals surface area contributed by atoms with Gasteiger partial charge in [-0.05, 0) is 24.5 Å². The Hall–Kier alpha value is -2.01. The number of carbonyl (C=O) groups excluding carboxylic acids is 1. The number of nitrogen functional groups attached to an aromatic ring is 1. The molecule has 6 heteroatoms. The van der Waals surface area contributed by atoms with Gasteiger partial charge in [0.25, 0.3) is 5.91 Å². The Morgan fingerprint density at radius 1 is 1.33 bits per heavy atom. The number of anilines is 1. The van der Waals surface area contributed by atoms with Crippen molar-refractivity contribution in [2.45, 2.75) is 32.7 Å². The molecule has 0 bridgehead atoms. The Morgan fingerprint density at radius 2 is 2.00 bits per heavy atom. The van der Waals surface area contributed by atoms with Crippen LogP contribution in [0, 0.1) is 0 Å². The van der Waals surface area contributed by atoms with Gasteiger partial charge in [0.1, 0.15) is 0 Å². The molecule has 0 spiro atoms. The lowest BCUT2D eigenvalue weighted by molar-refractivity contribution is 0.0935. The third-order valence-electron chi connectivity index (χ3n) is 3.35. The van der Waals surface area contributed by atoms with E-state index in [0.717, 1.165) is 11.3 Å². The highest BCUT2D eigenvalue weighted by atomic mass is 35.5. The van der Waals surface area contributed by atoms with Gasteiger partial charge >= 0.3 is 0 Å². The van der Waals surface area contributed by atoms with Gasteiger partial charge in [0.05, 0.1) is 17.4 Å². The topological polar surface area (TPSA) is 83.8 Å². The summed E-state index contributed by atoms with van der Waals surface area (Å²) < 4.78 is 0. The maximum atomic E-state index is 12.3. The van der Waals surface area contributed by atoms with Gasteiger partial charge in [0, 0.05) is 5.02 Å².